The lowest BCUT2D eigenvalue weighted by Crippen LogP contribution is -2.20. The predicted octanol–water partition coefficient (Wildman–Crippen LogP) is 1.30. The Balaban J connectivity index is 2.12. The number of hydrogen-bond donors (Lipinski definition) is 0. The first-order chi connectivity index (χ1) is 8.34. The number of hydrogen-bond acceptors (Lipinski definition) is 5. The Labute approximate surface area is 100 Å². The van der Waals surface area contributed by atoms with E-state index in [9.17, 15) is 4.79 Å². The predicted molar refractivity (Wildman–Crippen MR) is 65.0 cm³/mol. The van der Waals surface area contributed by atoms with Crippen LogP contribution >= 0.6 is 11.3 Å². The van der Waals surface area contributed by atoms with Gasteiger partial charge in [-0.3, -0.25) is 4.79 Å². The molecule has 0 bridgehead atoms. The molecule has 6 heteroatoms. The van der Waals surface area contributed by atoms with Gasteiger partial charge in [0.05, 0.1) is 17.4 Å². The molecule has 0 amide bonds. The third-order valence-corrected chi connectivity index (χ3v) is 3.20. The minimum atomic E-state index is -0.0849. The zero-order valence-electron chi connectivity index (χ0n) is 8.78. The summed E-state index contributed by atoms with van der Waals surface area (Å²) in [4.78, 5) is 24.2. The lowest BCUT2D eigenvalue weighted by atomic mass is 10.3. The van der Waals surface area contributed by atoms with Crippen LogP contribution in [0.3, 0.4) is 0 Å². The molecule has 0 saturated heterocycles. The van der Waals surface area contributed by atoms with Crippen LogP contribution in [0.2, 0.25) is 0 Å². The van der Waals surface area contributed by atoms with Crippen molar-refractivity contribution in [3.63, 3.8) is 0 Å². The van der Waals surface area contributed by atoms with Gasteiger partial charge in [0.15, 0.2) is 0 Å². The molecule has 84 valence electrons. The SMILES string of the molecule is O=c1c2cncnc2ccn1Cc1nccs1. The van der Waals surface area contributed by atoms with Gasteiger partial charge in [-0.1, -0.05) is 0 Å². The third-order valence-electron chi connectivity index (χ3n) is 2.44. The summed E-state index contributed by atoms with van der Waals surface area (Å²) in [6.45, 7) is 0.487. The summed E-state index contributed by atoms with van der Waals surface area (Å²) in [5.41, 5.74) is 0.582. The van der Waals surface area contributed by atoms with Crippen LogP contribution in [-0.2, 0) is 6.54 Å². The molecule has 3 rings (SSSR count). The first-order valence-electron chi connectivity index (χ1n) is 5.02. The average Bonchev–Trinajstić information content (AvgIpc) is 2.86. The normalized spacial score (nSPS) is 10.8. The van der Waals surface area contributed by atoms with Gasteiger partial charge in [0.1, 0.15) is 11.3 Å². The van der Waals surface area contributed by atoms with Crippen molar-refractivity contribution in [2.75, 3.05) is 0 Å². The topological polar surface area (TPSA) is 60.7 Å². The zero-order chi connectivity index (χ0) is 11.7. The van der Waals surface area contributed by atoms with E-state index in [-0.39, 0.29) is 5.56 Å². The van der Waals surface area contributed by atoms with Crippen molar-refractivity contribution in [3.05, 3.63) is 51.7 Å². The molecule has 0 aliphatic heterocycles. The molecular weight excluding hydrogens is 236 g/mol. The minimum Gasteiger partial charge on any atom is -0.308 e. The number of fused-ring (bicyclic) bond motifs is 1. The summed E-state index contributed by atoms with van der Waals surface area (Å²) in [7, 11) is 0. The van der Waals surface area contributed by atoms with Gasteiger partial charge in [0.25, 0.3) is 5.56 Å². The van der Waals surface area contributed by atoms with Crippen molar-refractivity contribution in [1.82, 2.24) is 19.5 Å². The van der Waals surface area contributed by atoms with E-state index in [1.165, 1.54) is 17.7 Å². The fourth-order valence-electron chi connectivity index (χ4n) is 1.62. The Bertz CT molecular complexity index is 705. The molecule has 3 heterocycles. The van der Waals surface area contributed by atoms with E-state index in [0.29, 0.717) is 17.4 Å². The highest BCUT2D eigenvalue weighted by atomic mass is 32.1. The van der Waals surface area contributed by atoms with Crippen molar-refractivity contribution in [1.29, 1.82) is 0 Å². The maximum Gasteiger partial charge on any atom is 0.261 e. The van der Waals surface area contributed by atoms with Crippen LogP contribution in [0, 0.1) is 0 Å². The van der Waals surface area contributed by atoms with Crippen molar-refractivity contribution in [2.24, 2.45) is 0 Å². The van der Waals surface area contributed by atoms with Crippen molar-refractivity contribution < 1.29 is 0 Å². The van der Waals surface area contributed by atoms with Crippen molar-refractivity contribution in [3.8, 4) is 0 Å². The van der Waals surface area contributed by atoms with Gasteiger partial charge in [-0.05, 0) is 6.07 Å². The molecule has 5 nitrogen and oxygen atoms in total. The second-order valence-corrected chi connectivity index (χ2v) is 4.48. The summed E-state index contributed by atoms with van der Waals surface area (Å²) < 4.78 is 1.62. The van der Waals surface area contributed by atoms with E-state index in [0.717, 1.165) is 5.01 Å². The van der Waals surface area contributed by atoms with Crippen LogP contribution in [0.4, 0.5) is 0 Å². The number of aromatic nitrogens is 4. The molecule has 0 spiro atoms. The van der Waals surface area contributed by atoms with Crippen LogP contribution < -0.4 is 5.56 Å². The standard InChI is InChI=1S/C11H8N4OS/c16-11-8-5-12-7-14-9(8)1-3-15(11)6-10-13-2-4-17-10/h1-5,7H,6H2. The van der Waals surface area contributed by atoms with Gasteiger partial charge in [-0.25, -0.2) is 15.0 Å². The quantitative estimate of drug-likeness (QED) is 0.681. The summed E-state index contributed by atoms with van der Waals surface area (Å²) >= 11 is 1.53. The third kappa shape index (κ3) is 1.83. The molecule has 3 aromatic heterocycles. The van der Waals surface area contributed by atoms with E-state index in [4.69, 9.17) is 0 Å². The largest absolute Gasteiger partial charge is 0.308 e. The number of pyridine rings is 1. The Morgan fingerprint density at radius 3 is 3.12 bits per heavy atom. The zero-order valence-corrected chi connectivity index (χ0v) is 9.59. The molecule has 0 N–H and O–H groups in total. The van der Waals surface area contributed by atoms with E-state index in [2.05, 4.69) is 15.0 Å². The van der Waals surface area contributed by atoms with Crippen molar-refractivity contribution in [2.45, 2.75) is 6.54 Å². The van der Waals surface area contributed by atoms with E-state index >= 15 is 0 Å². The summed E-state index contributed by atoms with van der Waals surface area (Å²) in [6.07, 6.45) is 6.45. The van der Waals surface area contributed by atoms with E-state index in [1.54, 1.807) is 23.2 Å². The maximum atomic E-state index is 12.1. The molecule has 0 aliphatic rings. The number of nitrogens with zero attached hydrogens (tertiary/aromatic N) is 4. The van der Waals surface area contributed by atoms with Crippen LogP contribution in [0.25, 0.3) is 10.9 Å². The summed E-state index contributed by atoms with van der Waals surface area (Å²) in [5, 5.41) is 3.33. The van der Waals surface area contributed by atoms with Crippen LogP contribution in [0.15, 0.2) is 41.2 Å². The van der Waals surface area contributed by atoms with E-state index in [1.807, 2.05) is 11.4 Å². The van der Waals surface area contributed by atoms with Crippen LogP contribution in [0.5, 0.6) is 0 Å². The lowest BCUT2D eigenvalue weighted by molar-refractivity contribution is 0.761. The number of thiazole rings is 1. The maximum absolute atomic E-state index is 12.1. The van der Waals surface area contributed by atoms with Gasteiger partial charge < -0.3 is 4.57 Å². The molecule has 0 atom stereocenters. The van der Waals surface area contributed by atoms with Gasteiger partial charge >= 0.3 is 0 Å². The first kappa shape index (κ1) is 10.1. The molecule has 0 unspecified atom stereocenters. The lowest BCUT2D eigenvalue weighted by Gasteiger charge is -2.03. The van der Waals surface area contributed by atoms with E-state index < -0.39 is 0 Å². The van der Waals surface area contributed by atoms with Crippen LogP contribution in [-0.4, -0.2) is 19.5 Å². The second-order valence-electron chi connectivity index (χ2n) is 3.50. The highest BCUT2D eigenvalue weighted by molar-refractivity contribution is 7.09. The molecule has 0 saturated carbocycles. The number of rotatable bonds is 2. The Morgan fingerprint density at radius 2 is 2.29 bits per heavy atom. The Kier molecular flexibility index (Phi) is 2.41. The Morgan fingerprint density at radius 1 is 1.35 bits per heavy atom. The summed E-state index contributed by atoms with van der Waals surface area (Å²) in [5.74, 6) is 0. The smallest absolute Gasteiger partial charge is 0.261 e. The molecular formula is C11H8N4OS. The Hall–Kier alpha value is -2.08. The minimum absolute atomic E-state index is 0.0849. The van der Waals surface area contributed by atoms with Crippen LogP contribution in [0.1, 0.15) is 5.01 Å². The monoisotopic (exact) mass is 244 g/mol. The van der Waals surface area contributed by atoms with Gasteiger partial charge in [-0.2, -0.15) is 0 Å². The first-order valence-corrected chi connectivity index (χ1v) is 5.90. The molecule has 0 aromatic carbocycles. The van der Waals surface area contributed by atoms with Gasteiger partial charge in [0.2, 0.25) is 0 Å². The fourth-order valence-corrected chi connectivity index (χ4v) is 2.24. The molecule has 0 fully saturated rings. The highest BCUT2D eigenvalue weighted by Gasteiger charge is 2.04. The second kappa shape index (κ2) is 4.06. The molecule has 0 radical (unpaired) electrons. The molecule has 3 aromatic rings. The highest BCUT2D eigenvalue weighted by Crippen LogP contribution is 2.07. The summed E-state index contributed by atoms with van der Waals surface area (Å²) in [6, 6.07) is 1.81. The van der Waals surface area contributed by atoms with Gasteiger partial charge in [0, 0.05) is 24.0 Å². The average molecular weight is 244 g/mol. The van der Waals surface area contributed by atoms with Gasteiger partial charge in [-0.15, -0.1) is 11.3 Å². The molecule has 0 aliphatic carbocycles. The molecule has 17 heavy (non-hydrogen) atoms. The fraction of sp³-hybridized carbons (Fsp3) is 0.0909. The van der Waals surface area contributed by atoms with Crippen molar-refractivity contribution >= 4 is 22.2 Å².